The summed E-state index contributed by atoms with van der Waals surface area (Å²) >= 11 is 0. The third-order valence-corrected chi connectivity index (χ3v) is 2.58. The van der Waals surface area contributed by atoms with Crippen molar-refractivity contribution in [2.24, 2.45) is 0 Å². The molecule has 0 aliphatic rings. The Balaban J connectivity index is 2.01. The number of hydrogen-bond acceptors (Lipinski definition) is 3. The maximum atomic E-state index is 8.84. The van der Waals surface area contributed by atoms with Gasteiger partial charge in [-0.3, -0.25) is 0 Å². The molecule has 19 heavy (non-hydrogen) atoms. The highest BCUT2D eigenvalue weighted by atomic mass is 16.5. The topological polar surface area (TPSA) is 42.2 Å². The molecule has 0 fully saturated rings. The first kappa shape index (κ1) is 13.0. The van der Waals surface area contributed by atoms with Crippen LogP contribution in [0.4, 0.5) is 0 Å². The summed E-state index contributed by atoms with van der Waals surface area (Å²) in [5, 5.41) is 8.84. The average molecular weight is 253 g/mol. The molecule has 0 aliphatic carbocycles. The third-order valence-electron chi connectivity index (χ3n) is 2.58. The predicted octanol–water partition coefficient (Wildman–Crippen LogP) is 3.54. The van der Waals surface area contributed by atoms with Crippen molar-refractivity contribution < 1.29 is 9.47 Å². The molecule has 0 aromatic heterocycles. The number of hydrogen-bond donors (Lipinski definition) is 0. The van der Waals surface area contributed by atoms with E-state index in [9.17, 15) is 0 Å². The van der Waals surface area contributed by atoms with E-state index in [-0.39, 0.29) is 0 Å². The molecule has 0 radical (unpaired) electrons. The summed E-state index contributed by atoms with van der Waals surface area (Å²) in [7, 11) is 0. The fourth-order valence-corrected chi connectivity index (χ4v) is 1.72. The van der Waals surface area contributed by atoms with Crippen molar-refractivity contribution in [3.05, 3.63) is 59.7 Å². The van der Waals surface area contributed by atoms with Gasteiger partial charge in [-0.25, -0.2) is 0 Å². The largest absolute Gasteiger partial charge is 0.494 e. The van der Waals surface area contributed by atoms with Crippen LogP contribution in [0.2, 0.25) is 0 Å². The van der Waals surface area contributed by atoms with Crippen LogP contribution < -0.4 is 9.47 Å². The minimum absolute atomic E-state index is 0.436. The molecule has 0 unspecified atom stereocenters. The molecule has 0 spiro atoms. The van der Waals surface area contributed by atoms with E-state index in [1.54, 1.807) is 6.07 Å². The van der Waals surface area contributed by atoms with Crippen molar-refractivity contribution in [3.63, 3.8) is 0 Å². The van der Waals surface area contributed by atoms with E-state index in [0.717, 1.165) is 17.1 Å². The summed E-state index contributed by atoms with van der Waals surface area (Å²) in [6, 6.07) is 17.0. The van der Waals surface area contributed by atoms with Crippen molar-refractivity contribution in [2.75, 3.05) is 6.61 Å². The molecule has 0 saturated heterocycles. The summed E-state index contributed by atoms with van der Waals surface area (Å²) < 4.78 is 11.1. The molecule has 2 rings (SSSR count). The van der Waals surface area contributed by atoms with Crippen LogP contribution in [0.1, 0.15) is 18.1 Å². The second kappa shape index (κ2) is 6.46. The minimum atomic E-state index is 0.436. The van der Waals surface area contributed by atoms with E-state index >= 15 is 0 Å². The quantitative estimate of drug-likeness (QED) is 0.818. The molecule has 0 atom stereocenters. The van der Waals surface area contributed by atoms with Gasteiger partial charge in [0.2, 0.25) is 0 Å². The summed E-state index contributed by atoms with van der Waals surface area (Å²) in [5.74, 6) is 1.55. The molecule has 3 heteroatoms. The molecule has 0 saturated carbocycles. The lowest BCUT2D eigenvalue weighted by atomic mass is 10.1. The summed E-state index contributed by atoms with van der Waals surface area (Å²) in [4.78, 5) is 0. The number of nitrogens with zero attached hydrogens (tertiary/aromatic N) is 1. The van der Waals surface area contributed by atoms with E-state index < -0.39 is 0 Å². The maximum Gasteiger partial charge on any atom is 0.123 e. The maximum absolute atomic E-state index is 8.84. The lowest BCUT2D eigenvalue weighted by molar-refractivity contribution is 0.299. The number of rotatable bonds is 5. The highest BCUT2D eigenvalue weighted by Crippen LogP contribution is 2.20. The zero-order valence-electron chi connectivity index (χ0n) is 10.8. The fraction of sp³-hybridized carbons (Fsp3) is 0.188. The Morgan fingerprint density at radius 2 is 1.74 bits per heavy atom. The second-order valence-electron chi connectivity index (χ2n) is 4.01. The smallest absolute Gasteiger partial charge is 0.123 e. The lowest BCUT2D eigenvalue weighted by Gasteiger charge is -2.08. The van der Waals surface area contributed by atoms with Gasteiger partial charge in [-0.05, 0) is 36.8 Å². The van der Waals surface area contributed by atoms with Crippen LogP contribution in [0, 0.1) is 11.3 Å². The Hall–Kier alpha value is -2.47. The van der Waals surface area contributed by atoms with Gasteiger partial charge in [0.05, 0.1) is 18.2 Å². The third kappa shape index (κ3) is 3.75. The number of nitriles is 1. The average Bonchev–Trinajstić information content (AvgIpc) is 2.46. The molecular weight excluding hydrogens is 238 g/mol. The van der Waals surface area contributed by atoms with Crippen LogP contribution >= 0.6 is 0 Å². The number of benzene rings is 2. The Morgan fingerprint density at radius 3 is 2.47 bits per heavy atom. The standard InChI is InChI=1S/C16H15NO2/c1-2-18-15-7-4-8-16(10-15)19-12-14-6-3-5-13(9-14)11-17/h3-10H,2,12H2,1H3. The van der Waals surface area contributed by atoms with Gasteiger partial charge in [0, 0.05) is 6.07 Å². The van der Waals surface area contributed by atoms with Gasteiger partial charge in [0.25, 0.3) is 0 Å². The Bertz CT molecular complexity index is 587. The minimum Gasteiger partial charge on any atom is -0.494 e. The van der Waals surface area contributed by atoms with Gasteiger partial charge in [0.1, 0.15) is 18.1 Å². The molecule has 2 aromatic rings. The van der Waals surface area contributed by atoms with Gasteiger partial charge in [-0.1, -0.05) is 18.2 Å². The Kier molecular flexibility index (Phi) is 4.41. The zero-order chi connectivity index (χ0) is 13.5. The molecule has 0 N–H and O–H groups in total. The van der Waals surface area contributed by atoms with Gasteiger partial charge in [0.15, 0.2) is 0 Å². The molecule has 0 aliphatic heterocycles. The molecule has 3 nitrogen and oxygen atoms in total. The van der Waals surface area contributed by atoms with Crippen molar-refractivity contribution in [1.82, 2.24) is 0 Å². The van der Waals surface area contributed by atoms with E-state index in [0.29, 0.717) is 18.8 Å². The fourth-order valence-electron chi connectivity index (χ4n) is 1.72. The first-order chi connectivity index (χ1) is 9.31. The summed E-state index contributed by atoms with van der Waals surface area (Å²) in [6.45, 7) is 3.01. The second-order valence-corrected chi connectivity index (χ2v) is 4.01. The normalized spacial score (nSPS) is 9.68. The molecule has 0 bridgehead atoms. The molecular formula is C16H15NO2. The van der Waals surface area contributed by atoms with Crippen LogP contribution in [0.5, 0.6) is 11.5 Å². The van der Waals surface area contributed by atoms with E-state index in [1.807, 2.05) is 49.4 Å². The van der Waals surface area contributed by atoms with Gasteiger partial charge in [-0.15, -0.1) is 0 Å². The highest BCUT2D eigenvalue weighted by Gasteiger charge is 1.99. The van der Waals surface area contributed by atoms with Crippen molar-refractivity contribution in [1.29, 1.82) is 5.26 Å². The first-order valence-corrected chi connectivity index (χ1v) is 6.16. The van der Waals surface area contributed by atoms with E-state index in [2.05, 4.69) is 6.07 Å². The lowest BCUT2D eigenvalue weighted by Crippen LogP contribution is -1.97. The predicted molar refractivity (Wildman–Crippen MR) is 73.1 cm³/mol. The molecule has 0 heterocycles. The first-order valence-electron chi connectivity index (χ1n) is 6.16. The number of ether oxygens (including phenoxy) is 2. The van der Waals surface area contributed by atoms with Crippen molar-refractivity contribution in [2.45, 2.75) is 13.5 Å². The highest BCUT2D eigenvalue weighted by molar-refractivity contribution is 5.34. The van der Waals surface area contributed by atoms with Crippen LogP contribution in [-0.4, -0.2) is 6.61 Å². The van der Waals surface area contributed by atoms with Crippen LogP contribution in [-0.2, 0) is 6.61 Å². The molecule has 96 valence electrons. The Morgan fingerprint density at radius 1 is 1.00 bits per heavy atom. The van der Waals surface area contributed by atoms with E-state index in [1.165, 1.54) is 0 Å². The van der Waals surface area contributed by atoms with Crippen molar-refractivity contribution in [3.8, 4) is 17.6 Å². The zero-order valence-corrected chi connectivity index (χ0v) is 10.8. The van der Waals surface area contributed by atoms with Crippen LogP contribution in [0.25, 0.3) is 0 Å². The monoisotopic (exact) mass is 253 g/mol. The van der Waals surface area contributed by atoms with Crippen LogP contribution in [0.15, 0.2) is 48.5 Å². The van der Waals surface area contributed by atoms with Crippen LogP contribution in [0.3, 0.4) is 0 Å². The van der Waals surface area contributed by atoms with Gasteiger partial charge >= 0.3 is 0 Å². The van der Waals surface area contributed by atoms with E-state index in [4.69, 9.17) is 14.7 Å². The SMILES string of the molecule is CCOc1cccc(OCc2cccc(C#N)c2)c1. The molecule has 2 aromatic carbocycles. The van der Waals surface area contributed by atoms with Crippen molar-refractivity contribution >= 4 is 0 Å². The van der Waals surface area contributed by atoms with Gasteiger partial charge in [-0.2, -0.15) is 5.26 Å². The Labute approximate surface area is 113 Å². The molecule has 0 amide bonds. The summed E-state index contributed by atoms with van der Waals surface area (Å²) in [6.07, 6.45) is 0. The van der Waals surface area contributed by atoms with Gasteiger partial charge < -0.3 is 9.47 Å². The summed E-state index contributed by atoms with van der Waals surface area (Å²) in [5.41, 5.74) is 1.62.